The number of halogens is 3. The molecular formula is C28H31F3N6O5. The number of nitrogens with one attached hydrogen (secondary N) is 1. The largest absolute Gasteiger partial charge is 0.464 e. The van der Waals surface area contributed by atoms with E-state index < -0.39 is 41.4 Å². The molecule has 1 aliphatic heterocycles. The molecule has 1 fully saturated rings. The highest BCUT2D eigenvalue weighted by molar-refractivity contribution is 6.04. The fourth-order valence-corrected chi connectivity index (χ4v) is 4.55. The first kappa shape index (κ1) is 30.3. The van der Waals surface area contributed by atoms with Gasteiger partial charge < -0.3 is 20.5 Å². The van der Waals surface area contributed by atoms with Crippen LogP contribution < -0.4 is 11.1 Å². The maximum absolute atomic E-state index is 13.0. The molecule has 3 aromatic rings. The molecule has 2 amide bonds. The summed E-state index contributed by atoms with van der Waals surface area (Å²) in [6, 6.07) is 6.77. The lowest BCUT2D eigenvalue weighted by Gasteiger charge is -2.36. The van der Waals surface area contributed by atoms with Crippen molar-refractivity contribution in [2.75, 3.05) is 24.7 Å². The highest BCUT2D eigenvalue weighted by atomic mass is 19.4. The maximum Gasteiger partial charge on any atom is 0.416 e. The van der Waals surface area contributed by atoms with Gasteiger partial charge in [-0.15, -0.1) is 0 Å². The lowest BCUT2D eigenvalue weighted by molar-refractivity contribution is -0.137. The minimum Gasteiger partial charge on any atom is -0.464 e. The molecule has 224 valence electrons. The van der Waals surface area contributed by atoms with Crippen molar-refractivity contribution in [3.8, 4) is 5.69 Å². The van der Waals surface area contributed by atoms with E-state index in [9.17, 15) is 27.6 Å². The first-order chi connectivity index (χ1) is 19.7. The molecule has 0 bridgehead atoms. The third kappa shape index (κ3) is 6.64. The Hall–Kier alpha value is -4.62. The number of pyridine rings is 1. The van der Waals surface area contributed by atoms with Gasteiger partial charge >= 0.3 is 18.2 Å². The van der Waals surface area contributed by atoms with E-state index in [0.717, 1.165) is 31.2 Å². The summed E-state index contributed by atoms with van der Waals surface area (Å²) in [5, 5.41) is 6.94. The number of piperidine rings is 1. The van der Waals surface area contributed by atoms with Gasteiger partial charge in [0.15, 0.2) is 5.69 Å². The summed E-state index contributed by atoms with van der Waals surface area (Å²) in [6.45, 7) is 5.72. The van der Waals surface area contributed by atoms with Crippen molar-refractivity contribution < 1.29 is 37.0 Å². The summed E-state index contributed by atoms with van der Waals surface area (Å²) in [4.78, 5) is 43.8. The molecule has 0 radical (unpaired) electrons. The van der Waals surface area contributed by atoms with Crippen LogP contribution in [-0.2, 0) is 15.7 Å². The Labute approximate surface area is 239 Å². The molecule has 0 saturated carbocycles. The van der Waals surface area contributed by atoms with Gasteiger partial charge in [-0.05, 0) is 76.4 Å². The topological polar surface area (TPSA) is 142 Å². The van der Waals surface area contributed by atoms with Gasteiger partial charge in [0.25, 0.3) is 5.91 Å². The third-order valence-corrected chi connectivity index (χ3v) is 6.48. The van der Waals surface area contributed by atoms with Crippen molar-refractivity contribution in [1.82, 2.24) is 19.7 Å². The zero-order chi connectivity index (χ0) is 30.8. The van der Waals surface area contributed by atoms with E-state index in [1.54, 1.807) is 25.7 Å². The number of hydrogen-bond donors (Lipinski definition) is 2. The van der Waals surface area contributed by atoms with Crippen LogP contribution in [0.3, 0.4) is 0 Å². The lowest BCUT2D eigenvalue weighted by atomic mass is 9.98. The number of hydrogen-bond acceptors (Lipinski definition) is 8. The zero-order valence-electron chi connectivity index (χ0n) is 23.5. The Bertz CT molecular complexity index is 1480. The first-order valence-electron chi connectivity index (χ1n) is 13.1. The van der Waals surface area contributed by atoms with Gasteiger partial charge in [0.2, 0.25) is 0 Å². The number of carbonyl (C=O) groups excluding carboxylic acids is 3. The van der Waals surface area contributed by atoms with Crippen LogP contribution in [0.2, 0.25) is 0 Å². The molecule has 0 aliphatic carbocycles. The second-order valence-corrected chi connectivity index (χ2v) is 10.7. The third-order valence-electron chi connectivity index (χ3n) is 6.48. The molecular weight excluding hydrogens is 557 g/mol. The monoisotopic (exact) mass is 588 g/mol. The molecule has 14 heteroatoms. The lowest BCUT2D eigenvalue weighted by Crippen LogP contribution is -2.42. The van der Waals surface area contributed by atoms with Crippen LogP contribution in [0.15, 0.2) is 42.6 Å². The van der Waals surface area contributed by atoms with Crippen molar-refractivity contribution in [3.05, 3.63) is 65.1 Å². The molecule has 1 aromatic carbocycles. The van der Waals surface area contributed by atoms with Gasteiger partial charge in [-0.25, -0.2) is 19.3 Å². The average Bonchev–Trinajstić information content (AvgIpc) is 3.28. The normalized spacial score (nSPS) is 15.7. The fraction of sp³-hybridized carbons (Fsp3) is 0.393. The number of rotatable bonds is 5. The summed E-state index contributed by atoms with van der Waals surface area (Å²) in [5.74, 6) is -1.72. The van der Waals surface area contributed by atoms with E-state index in [-0.39, 0.29) is 22.8 Å². The zero-order valence-corrected chi connectivity index (χ0v) is 23.5. The van der Waals surface area contributed by atoms with Gasteiger partial charge in [-0.1, -0.05) is 0 Å². The smallest absolute Gasteiger partial charge is 0.416 e. The molecule has 42 heavy (non-hydrogen) atoms. The summed E-state index contributed by atoms with van der Waals surface area (Å²) in [6.07, 6.45) is -2.05. The number of methoxy groups -OCH3 is 1. The summed E-state index contributed by atoms with van der Waals surface area (Å²) < 4.78 is 50.8. The first-order valence-corrected chi connectivity index (χ1v) is 13.1. The number of aromatic nitrogens is 3. The number of ether oxygens (including phenoxy) is 2. The molecule has 3 N–H and O–H groups in total. The van der Waals surface area contributed by atoms with Crippen LogP contribution >= 0.6 is 0 Å². The van der Waals surface area contributed by atoms with Crippen molar-refractivity contribution in [1.29, 1.82) is 0 Å². The van der Waals surface area contributed by atoms with E-state index in [4.69, 9.17) is 15.2 Å². The van der Waals surface area contributed by atoms with Crippen LogP contribution in [0.1, 0.15) is 78.2 Å². The average molecular weight is 589 g/mol. The molecule has 11 nitrogen and oxygen atoms in total. The predicted molar refractivity (Wildman–Crippen MR) is 146 cm³/mol. The van der Waals surface area contributed by atoms with E-state index in [1.807, 2.05) is 0 Å². The molecule has 1 aliphatic rings. The number of nitrogens with two attached hydrogens (primary N) is 1. The highest BCUT2D eigenvalue weighted by Crippen LogP contribution is 2.37. The Kier molecular flexibility index (Phi) is 8.45. The Morgan fingerprint density at radius 2 is 1.76 bits per heavy atom. The molecule has 3 heterocycles. The number of likely N-dealkylation sites (tertiary alicyclic amines) is 1. The van der Waals surface area contributed by atoms with E-state index >= 15 is 0 Å². The van der Waals surface area contributed by atoms with Gasteiger partial charge in [0, 0.05) is 18.3 Å². The molecule has 1 atom stereocenters. The van der Waals surface area contributed by atoms with Crippen LogP contribution in [0, 0.1) is 0 Å². The quantitative estimate of drug-likeness (QED) is 0.379. The van der Waals surface area contributed by atoms with Crippen molar-refractivity contribution in [2.45, 2.75) is 57.9 Å². The summed E-state index contributed by atoms with van der Waals surface area (Å²) >= 11 is 0. The Balaban J connectivity index is 1.64. The number of amides is 2. The standard InChI is InChI=1S/C28H31F3N6O5/c1-27(2,3)42-26(40)36-14-6-5-7-19(36)22-21(32)23(25(39)41-4)37(35-22)18-10-8-16(9-11-18)24(38)34-20-15-17(12-13-33-20)28(29,30)31/h8-13,15,19H,5-7,14,32H2,1-4H3,(H,33,34,38). The van der Waals surface area contributed by atoms with Crippen LogP contribution in [0.25, 0.3) is 5.69 Å². The maximum atomic E-state index is 13.0. The Morgan fingerprint density at radius 1 is 1.07 bits per heavy atom. The van der Waals surface area contributed by atoms with Gasteiger partial charge in [-0.2, -0.15) is 18.3 Å². The van der Waals surface area contributed by atoms with E-state index in [1.165, 1.54) is 36.1 Å². The summed E-state index contributed by atoms with van der Waals surface area (Å²) in [5.41, 5.74) is 5.51. The number of nitrogens with zero attached hydrogens (tertiary/aromatic N) is 4. The van der Waals surface area contributed by atoms with Gasteiger partial charge in [0.05, 0.1) is 30.1 Å². The van der Waals surface area contributed by atoms with Crippen LogP contribution in [0.4, 0.5) is 29.5 Å². The molecule has 0 spiro atoms. The molecule has 4 rings (SSSR count). The van der Waals surface area contributed by atoms with E-state index in [0.29, 0.717) is 24.3 Å². The Morgan fingerprint density at radius 3 is 2.38 bits per heavy atom. The number of benzene rings is 1. The fourth-order valence-electron chi connectivity index (χ4n) is 4.55. The predicted octanol–water partition coefficient (Wildman–Crippen LogP) is 5.37. The number of esters is 1. The van der Waals surface area contributed by atoms with E-state index in [2.05, 4.69) is 15.4 Å². The number of anilines is 2. The number of carbonyl (C=O) groups is 3. The van der Waals surface area contributed by atoms with Crippen molar-refractivity contribution in [3.63, 3.8) is 0 Å². The summed E-state index contributed by atoms with van der Waals surface area (Å²) in [7, 11) is 1.20. The van der Waals surface area contributed by atoms with Crippen molar-refractivity contribution >= 4 is 29.5 Å². The number of nitrogen functional groups attached to an aromatic ring is 1. The van der Waals surface area contributed by atoms with Crippen molar-refractivity contribution in [2.24, 2.45) is 0 Å². The van der Waals surface area contributed by atoms with Crippen LogP contribution in [0.5, 0.6) is 0 Å². The second kappa shape index (κ2) is 11.7. The molecule has 1 unspecified atom stereocenters. The minimum atomic E-state index is -4.59. The highest BCUT2D eigenvalue weighted by Gasteiger charge is 2.37. The second-order valence-electron chi connectivity index (χ2n) is 10.7. The SMILES string of the molecule is COC(=O)c1c(N)c(C2CCCCN2C(=O)OC(C)(C)C)nn1-c1ccc(C(=O)Nc2cc(C(F)(F)F)ccn2)cc1. The van der Waals surface area contributed by atoms with Gasteiger partial charge in [-0.3, -0.25) is 9.69 Å². The molecule has 1 saturated heterocycles. The molecule has 2 aromatic heterocycles. The minimum absolute atomic E-state index is 0.0414. The van der Waals surface area contributed by atoms with Crippen LogP contribution in [-0.4, -0.2) is 56.9 Å². The number of alkyl halides is 3. The van der Waals surface area contributed by atoms with Gasteiger partial charge in [0.1, 0.15) is 17.1 Å².